The molecule has 18 heavy (non-hydrogen) atoms. The van der Waals surface area contributed by atoms with Crippen LogP contribution in [0.5, 0.6) is 0 Å². The quantitative estimate of drug-likeness (QED) is 0.423. The topological polar surface area (TPSA) is 167 Å². The second-order valence-electron chi connectivity index (χ2n) is 4.10. The van der Waals surface area contributed by atoms with Crippen molar-refractivity contribution in [3.8, 4) is 0 Å². The van der Waals surface area contributed by atoms with Crippen LogP contribution in [0.2, 0.25) is 0 Å². The van der Waals surface area contributed by atoms with Crippen LogP contribution < -0.4 is 5.73 Å². The first-order valence-electron chi connectivity index (χ1n) is 4.68. The number of aliphatic hydroxyl groups excluding tert-OH is 2. The summed E-state index contributed by atoms with van der Waals surface area (Å²) in [6.07, 6.45) is -5.26. The number of ether oxygens (including phenoxy) is 1. The average Bonchev–Trinajstić information content (AvgIpc) is 2.11. The fourth-order valence-electron chi connectivity index (χ4n) is 0.572. The zero-order chi connectivity index (χ0) is 15.1. The fourth-order valence-corrected chi connectivity index (χ4v) is 0.572. The van der Waals surface area contributed by atoms with Gasteiger partial charge in [-0.2, -0.15) is 0 Å². The summed E-state index contributed by atoms with van der Waals surface area (Å²) in [7, 11) is 0. The number of hydrogen-bond donors (Lipinski definition) is 5. The van der Waals surface area contributed by atoms with E-state index >= 15 is 0 Å². The number of aliphatic carboxylic acids is 2. The van der Waals surface area contributed by atoms with Crippen molar-refractivity contribution < 1.29 is 39.5 Å². The van der Waals surface area contributed by atoms with Gasteiger partial charge in [-0.15, -0.1) is 0 Å². The molecule has 106 valence electrons. The zero-order valence-electron chi connectivity index (χ0n) is 10.2. The number of carbonyl (C=O) groups is 3. The minimum absolute atomic E-state index is 0.453. The summed E-state index contributed by atoms with van der Waals surface area (Å²) >= 11 is 0. The Kier molecular flexibility index (Phi) is 7.66. The van der Waals surface area contributed by atoms with Crippen LogP contribution in [0.1, 0.15) is 20.8 Å². The van der Waals surface area contributed by atoms with Crippen LogP contribution in [0.25, 0.3) is 0 Å². The molecule has 0 saturated heterocycles. The van der Waals surface area contributed by atoms with E-state index in [1.807, 2.05) is 0 Å². The molecule has 1 amide bonds. The molecule has 0 aromatic carbocycles. The van der Waals surface area contributed by atoms with Crippen molar-refractivity contribution in [1.82, 2.24) is 0 Å². The minimum Gasteiger partial charge on any atom is -0.479 e. The molecule has 0 aliphatic rings. The van der Waals surface area contributed by atoms with E-state index in [1.165, 1.54) is 0 Å². The van der Waals surface area contributed by atoms with Gasteiger partial charge in [0, 0.05) is 0 Å². The fraction of sp³-hybridized carbons (Fsp3) is 0.667. The van der Waals surface area contributed by atoms with Gasteiger partial charge in [-0.05, 0) is 20.8 Å². The lowest BCUT2D eigenvalue weighted by atomic mass is 10.2. The number of rotatable bonds is 3. The van der Waals surface area contributed by atoms with Crippen LogP contribution in [-0.4, -0.2) is 56.3 Å². The maximum absolute atomic E-state index is 10.0. The van der Waals surface area contributed by atoms with Gasteiger partial charge in [0.2, 0.25) is 0 Å². The van der Waals surface area contributed by atoms with E-state index in [0.29, 0.717) is 0 Å². The Labute approximate surface area is 103 Å². The highest BCUT2D eigenvalue weighted by Gasteiger charge is 2.29. The molecule has 6 N–H and O–H groups in total. The highest BCUT2D eigenvalue weighted by molar-refractivity contribution is 5.83. The summed E-state index contributed by atoms with van der Waals surface area (Å²) in [6.45, 7) is 5.28. The van der Waals surface area contributed by atoms with E-state index in [9.17, 15) is 14.4 Å². The third-order valence-corrected chi connectivity index (χ3v) is 1.21. The van der Waals surface area contributed by atoms with Crippen molar-refractivity contribution in [2.45, 2.75) is 38.6 Å². The lowest BCUT2D eigenvalue weighted by Gasteiger charge is -2.16. The van der Waals surface area contributed by atoms with Crippen LogP contribution in [-0.2, 0) is 14.3 Å². The van der Waals surface area contributed by atoms with E-state index in [-0.39, 0.29) is 0 Å². The first-order valence-corrected chi connectivity index (χ1v) is 4.68. The second-order valence-corrected chi connectivity index (χ2v) is 4.10. The largest absolute Gasteiger partial charge is 0.479 e. The van der Waals surface area contributed by atoms with Crippen LogP contribution in [0.3, 0.4) is 0 Å². The van der Waals surface area contributed by atoms with Crippen molar-refractivity contribution in [1.29, 1.82) is 0 Å². The highest BCUT2D eigenvalue weighted by Crippen LogP contribution is 2.04. The van der Waals surface area contributed by atoms with Crippen LogP contribution in [0.4, 0.5) is 4.79 Å². The molecule has 0 rings (SSSR count). The zero-order valence-corrected chi connectivity index (χ0v) is 10.2. The molecule has 0 radical (unpaired) electrons. The Morgan fingerprint density at radius 3 is 1.33 bits per heavy atom. The third kappa shape index (κ3) is 10.6. The summed E-state index contributed by atoms with van der Waals surface area (Å²) in [5, 5.41) is 32.5. The van der Waals surface area contributed by atoms with E-state index in [0.717, 1.165) is 0 Å². The summed E-state index contributed by atoms with van der Waals surface area (Å²) in [5.74, 6) is -3.54. The molecule has 0 bridgehead atoms. The van der Waals surface area contributed by atoms with E-state index in [2.05, 4.69) is 4.74 Å². The molecule has 0 heterocycles. The predicted octanol–water partition coefficient (Wildman–Crippen LogP) is -1.24. The highest BCUT2D eigenvalue weighted by atomic mass is 16.6. The molecule has 0 spiro atoms. The maximum atomic E-state index is 10.0. The Balaban J connectivity index is 0. The first-order chi connectivity index (χ1) is 7.88. The van der Waals surface area contributed by atoms with Gasteiger partial charge in [0.1, 0.15) is 5.60 Å². The van der Waals surface area contributed by atoms with Crippen molar-refractivity contribution in [3.63, 3.8) is 0 Å². The number of carboxylic acids is 2. The molecule has 2 atom stereocenters. The molecule has 9 nitrogen and oxygen atoms in total. The molecule has 0 aliphatic heterocycles. The minimum atomic E-state index is -2.27. The summed E-state index contributed by atoms with van der Waals surface area (Å²) < 4.78 is 4.58. The summed E-state index contributed by atoms with van der Waals surface area (Å²) in [5.41, 5.74) is 4.26. The number of amides is 1. The van der Waals surface area contributed by atoms with Crippen LogP contribution in [0, 0.1) is 0 Å². The number of carbonyl (C=O) groups excluding carboxylic acids is 1. The van der Waals surface area contributed by atoms with Crippen molar-refractivity contribution >= 4 is 18.0 Å². The lowest BCUT2D eigenvalue weighted by molar-refractivity contribution is -0.165. The Bertz CT molecular complexity index is 290. The predicted molar refractivity (Wildman–Crippen MR) is 57.7 cm³/mol. The molecule has 9 heteroatoms. The van der Waals surface area contributed by atoms with Crippen molar-refractivity contribution in [2.24, 2.45) is 5.73 Å². The molecular formula is C9H17NO8. The number of aliphatic hydroxyl groups is 2. The molecule has 0 fully saturated rings. The monoisotopic (exact) mass is 267 g/mol. The normalized spacial score (nSPS) is 13.6. The van der Waals surface area contributed by atoms with Gasteiger partial charge >= 0.3 is 18.0 Å². The second kappa shape index (κ2) is 7.45. The molecule has 0 saturated carbocycles. The number of carboxylic acid groups (broad SMARTS) is 2. The molecule has 0 aromatic heterocycles. The summed E-state index contributed by atoms with van der Waals surface area (Å²) in [6, 6.07) is 0. The van der Waals surface area contributed by atoms with E-state index < -0.39 is 35.8 Å². The number of nitrogens with two attached hydrogens (primary N) is 1. The van der Waals surface area contributed by atoms with Gasteiger partial charge in [-0.3, -0.25) is 0 Å². The Morgan fingerprint density at radius 1 is 1.00 bits per heavy atom. The van der Waals surface area contributed by atoms with Gasteiger partial charge in [0.15, 0.2) is 12.2 Å². The van der Waals surface area contributed by atoms with Gasteiger partial charge in [0.25, 0.3) is 0 Å². The third-order valence-electron chi connectivity index (χ3n) is 1.21. The average molecular weight is 267 g/mol. The SMILES string of the molecule is CC(C)(C)OC(N)=O.O=C(O)C(O)C(O)C(=O)O. The number of hydrogen-bond acceptors (Lipinski definition) is 6. The summed E-state index contributed by atoms with van der Waals surface area (Å²) in [4.78, 5) is 29.6. The molecule has 0 aliphatic carbocycles. The van der Waals surface area contributed by atoms with Crippen LogP contribution in [0.15, 0.2) is 0 Å². The molecule has 0 aromatic rings. The molecule has 2 unspecified atom stereocenters. The van der Waals surface area contributed by atoms with Crippen molar-refractivity contribution in [2.75, 3.05) is 0 Å². The smallest absolute Gasteiger partial charge is 0.405 e. The number of primary amides is 1. The standard InChI is InChI=1S/C5H11NO2.C4H6O6/c1-5(2,3)8-4(6)7;5-1(3(7)8)2(6)4(9)10/h1-3H3,(H2,6,7);1-2,5-6H,(H,7,8)(H,9,10). The molecular weight excluding hydrogens is 250 g/mol. The lowest BCUT2D eigenvalue weighted by Crippen LogP contribution is -2.39. The van der Waals surface area contributed by atoms with Gasteiger partial charge in [-0.1, -0.05) is 0 Å². The first kappa shape index (κ1) is 18.5. The Hall–Kier alpha value is -1.87. The van der Waals surface area contributed by atoms with E-state index in [4.69, 9.17) is 26.2 Å². The Morgan fingerprint density at radius 2 is 1.28 bits per heavy atom. The maximum Gasteiger partial charge on any atom is 0.405 e. The van der Waals surface area contributed by atoms with Gasteiger partial charge in [-0.25, -0.2) is 14.4 Å². The van der Waals surface area contributed by atoms with Gasteiger partial charge < -0.3 is 30.9 Å². The van der Waals surface area contributed by atoms with Crippen molar-refractivity contribution in [3.05, 3.63) is 0 Å². The van der Waals surface area contributed by atoms with Crippen LogP contribution >= 0.6 is 0 Å². The van der Waals surface area contributed by atoms with Gasteiger partial charge in [0.05, 0.1) is 0 Å². The van der Waals surface area contributed by atoms with E-state index in [1.54, 1.807) is 20.8 Å².